The average molecular weight is 305 g/mol. The summed E-state index contributed by atoms with van der Waals surface area (Å²) in [4.78, 5) is 8.51. The van der Waals surface area contributed by atoms with Crippen LogP contribution in [0.2, 0.25) is 0 Å². The minimum absolute atomic E-state index is 0.513. The van der Waals surface area contributed by atoms with Crippen LogP contribution >= 0.6 is 0 Å². The normalized spacial score (nSPS) is 29.0. The molecule has 2 N–H and O–H groups in total. The number of nitrogens with zero attached hydrogens (tertiary/aromatic N) is 3. The summed E-state index contributed by atoms with van der Waals surface area (Å²) in [6.45, 7) is 2.34. The van der Waals surface area contributed by atoms with Crippen molar-refractivity contribution in [3.8, 4) is 0 Å². The van der Waals surface area contributed by atoms with Gasteiger partial charge in [-0.2, -0.15) is 4.98 Å². The van der Waals surface area contributed by atoms with Gasteiger partial charge in [0.05, 0.1) is 6.54 Å². The summed E-state index contributed by atoms with van der Waals surface area (Å²) in [5, 5.41) is 10.6. The van der Waals surface area contributed by atoms with E-state index in [9.17, 15) is 0 Å². The van der Waals surface area contributed by atoms with E-state index >= 15 is 0 Å². The Morgan fingerprint density at radius 1 is 1.23 bits per heavy atom. The van der Waals surface area contributed by atoms with Crippen molar-refractivity contribution in [2.75, 3.05) is 7.05 Å². The Labute approximate surface area is 132 Å². The van der Waals surface area contributed by atoms with Crippen LogP contribution in [-0.4, -0.2) is 29.2 Å². The molecule has 0 aliphatic heterocycles. The van der Waals surface area contributed by atoms with Crippen LogP contribution in [0.3, 0.4) is 0 Å². The highest BCUT2D eigenvalue weighted by molar-refractivity contribution is 5.79. The van der Waals surface area contributed by atoms with Crippen molar-refractivity contribution < 1.29 is 4.52 Å². The van der Waals surface area contributed by atoms with E-state index in [4.69, 9.17) is 4.52 Å². The van der Waals surface area contributed by atoms with Crippen LogP contribution in [0.25, 0.3) is 0 Å². The number of aliphatic imine (C=N–C) groups is 1. The minimum atomic E-state index is 0.513. The molecule has 1 aromatic rings. The zero-order chi connectivity index (χ0) is 15.4. The molecule has 6 heteroatoms. The summed E-state index contributed by atoms with van der Waals surface area (Å²) in [6, 6.07) is 0.537. The van der Waals surface area contributed by atoms with Crippen molar-refractivity contribution in [1.29, 1.82) is 0 Å². The molecular formula is C16H27N5O. The number of hydrogen-bond acceptors (Lipinski definition) is 4. The third-order valence-corrected chi connectivity index (χ3v) is 5.08. The van der Waals surface area contributed by atoms with Crippen LogP contribution in [0.4, 0.5) is 0 Å². The van der Waals surface area contributed by atoms with E-state index in [1.807, 2.05) is 6.92 Å². The molecule has 2 saturated carbocycles. The first-order valence-corrected chi connectivity index (χ1v) is 8.51. The van der Waals surface area contributed by atoms with Crippen LogP contribution in [0, 0.1) is 18.8 Å². The van der Waals surface area contributed by atoms with E-state index in [1.165, 1.54) is 44.9 Å². The van der Waals surface area contributed by atoms with Gasteiger partial charge in [0.1, 0.15) is 0 Å². The summed E-state index contributed by atoms with van der Waals surface area (Å²) < 4.78 is 5.11. The number of guanidine groups is 1. The standard InChI is InChI=1S/C16H27N5O/c1-11-19-15(22-21-11)10-18-16(17-2)20-14-8-7-12-5-3-4-6-13(12)9-14/h12-14H,3-10H2,1-2H3,(H2,17,18,20). The third kappa shape index (κ3) is 3.78. The Morgan fingerprint density at radius 2 is 2.05 bits per heavy atom. The van der Waals surface area contributed by atoms with Crippen LogP contribution < -0.4 is 10.6 Å². The van der Waals surface area contributed by atoms with Gasteiger partial charge in [0.15, 0.2) is 11.8 Å². The molecule has 0 spiro atoms. The van der Waals surface area contributed by atoms with Crippen molar-refractivity contribution in [3.63, 3.8) is 0 Å². The Morgan fingerprint density at radius 3 is 2.77 bits per heavy atom. The van der Waals surface area contributed by atoms with Crippen LogP contribution in [0.15, 0.2) is 9.52 Å². The molecule has 2 aliphatic carbocycles. The maximum Gasteiger partial charge on any atom is 0.246 e. The molecule has 2 fully saturated rings. The Bertz CT molecular complexity index is 512. The summed E-state index contributed by atoms with van der Waals surface area (Å²) in [7, 11) is 1.81. The lowest BCUT2D eigenvalue weighted by Gasteiger charge is -2.39. The summed E-state index contributed by atoms with van der Waals surface area (Å²) in [5.41, 5.74) is 0. The number of nitrogens with one attached hydrogen (secondary N) is 2. The van der Waals surface area contributed by atoms with Gasteiger partial charge in [-0.05, 0) is 38.0 Å². The molecule has 6 nitrogen and oxygen atoms in total. The molecule has 0 radical (unpaired) electrons. The summed E-state index contributed by atoms with van der Waals surface area (Å²) in [6.07, 6.45) is 9.61. The molecule has 3 unspecified atom stereocenters. The highest BCUT2D eigenvalue weighted by Gasteiger charge is 2.32. The van der Waals surface area contributed by atoms with Crippen molar-refractivity contribution >= 4 is 5.96 Å². The van der Waals surface area contributed by atoms with Gasteiger partial charge in [-0.1, -0.05) is 30.8 Å². The average Bonchev–Trinajstić information content (AvgIpc) is 2.96. The van der Waals surface area contributed by atoms with Gasteiger partial charge in [0, 0.05) is 13.1 Å². The van der Waals surface area contributed by atoms with Gasteiger partial charge in [-0.3, -0.25) is 4.99 Å². The van der Waals surface area contributed by atoms with Crippen molar-refractivity contribution in [2.24, 2.45) is 16.8 Å². The molecule has 1 heterocycles. The molecule has 22 heavy (non-hydrogen) atoms. The highest BCUT2D eigenvalue weighted by Crippen LogP contribution is 2.40. The fraction of sp³-hybridized carbons (Fsp3) is 0.812. The highest BCUT2D eigenvalue weighted by atomic mass is 16.5. The SMILES string of the molecule is CN=C(NCc1nc(C)no1)NC1CCC2CCCCC2C1. The van der Waals surface area contributed by atoms with Gasteiger partial charge in [0.2, 0.25) is 5.89 Å². The second-order valence-electron chi connectivity index (χ2n) is 6.62. The molecule has 122 valence electrons. The smallest absolute Gasteiger partial charge is 0.246 e. The predicted octanol–water partition coefficient (Wildman–Crippen LogP) is 2.40. The third-order valence-electron chi connectivity index (χ3n) is 5.08. The number of aromatic nitrogens is 2. The lowest BCUT2D eigenvalue weighted by Crippen LogP contribution is -2.46. The zero-order valence-electron chi connectivity index (χ0n) is 13.6. The van der Waals surface area contributed by atoms with Gasteiger partial charge in [-0.15, -0.1) is 0 Å². The topological polar surface area (TPSA) is 75.3 Å². The Balaban J connectivity index is 1.48. The maximum absolute atomic E-state index is 5.11. The van der Waals surface area contributed by atoms with Gasteiger partial charge in [-0.25, -0.2) is 0 Å². The van der Waals surface area contributed by atoms with E-state index in [1.54, 1.807) is 7.05 Å². The Kier molecular flexibility index (Phi) is 4.95. The molecule has 1 aromatic heterocycles. The molecule has 0 saturated heterocycles. The predicted molar refractivity (Wildman–Crippen MR) is 85.5 cm³/mol. The van der Waals surface area contributed by atoms with Gasteiger partial charge < -0.3 is 15.2 Å². The van der Waals surface area contributed by atoms with Crippen LogP contribution in [0.1, 0.15) is 56.7 Å². The fourth-order valence-corrected chi connectivity index (χ4v) is 3.96. The fourth-order valence-electron chi connectivity index (χ4n) is 3.96. The van der Waals surface area contributed by atoms with Crippen LogP contribution in [-0.2, 0) is 6.54 Å². The first-order valence-electron chi connectivity index (χ1n) is 8.51. The van der Waals surface area contributed by atoms with Gasteiger partial charge in [0.25, 0.3) is 0 Å². The molecule has 0 bridgehead atoms. The molecule has 2 aliphatic rings. The van der Waals surface area contributed by atoms with Crippen molar-refractivity contribution in [1.82, 2.24) is 20.8 Å². The molecule has 3 rings (SSSR count). The summed E-state index contributed by atoms with van der Waals surface area (Å²) >= 11 is 0. The summed E-state index contributed by atoms with van der Waals surface area (Å²) in [5.74, 6) is 3.97. The zero-order valence-corrected chi connectivity index (χ0v) is 13.6. The van der Waals surface area contributed by atoms with Crippen molar-refractivity contribution in [2.45, 2.75) is 64.5 Å². The minimum Gasteiger partial charge on any atom is -0.354 e. The lowest BCUT2D eigenvalue weighted by molar-refractivity contribution is 0.150. The molecular weight excluding hydrogens is 278 g/mol. The first kappa shape index (κ1) is 15.3. The number of aryl methyl sites for hydroxylation is 1. The molecule has 3 atom stereocenters. The monoisotopic (exact) mass is 305 g/mol. The van der Waals surface area contributed by atoms with E-state index < -0.39 is 0 Å². The lowest BCUT2D eigenvalue weighted by atomic mass is 9.69. The van der Waals surface area contributed by atoms with E-state index in [0.717, 1.165) is 17.8 Å². The van der Waals surface area contributed by atoms with Crippen molar-refractivity contribution in [3.05, 3.63) is 11.7 Å². The largest absolute Gasteiger partial charge is 0.354 e. The molecule has 0 amide bonds. The quantitative estimate of drug-likeness (QED) is 0.662. The van der Waals surface area contributed by atoms with E-state index in [-0.39, 0.29) is 0 Å². The number of fused-ring (bicyclic) bond motifs is 1. The van der Waals surface area contributed by atoms with Gasteiger partial charge >= 0.3 is 0 Å². The molecule has 0 aromatic carbocycles. The van der Waals surface area contributed by atoms with Crippen LogP contribution in [0.5, 0.6) is 0 Å². The number of rotatable bonds is 3. The van der Waals surface area contributed by atoms with E-state index in [2.05, 4.69) is 25.8 Å². The second kappa shape index (κ2) is 7.11. The van der Waals surface area contributed by atoms with E-state index in [0.29, 0.717) is 24.3 Å². The Hall–Kier alpha value is -1.59. The number of hydrogen-bond donors (Lipinski definition) is 2. The maximum atomic E-state index is 5.11. The first-order chi connectivity index (χ1) is 10.7. The second-order valence-corrected chi connectivity index (χ2v) is 6.62.